The Bertz CT molecular complexity index is 2660. The maximum atomic E-state index is 5.41. The van der Waals surface area contributed by atoms with Gasteiger partial charge in [0.25, 0.3) is 0 Å². The van der Waals surface area contributed by atoms with Crippen LogP contribution in [0.25, 0.3) is 77.0 Å². The Balaban J connectivity index is 1.24. The van der Waals surface area contributed by atoms with Gasteiger partial charge in [-0.2, -0.15) is 0 Å². The molecular formula is C39H26N6. The van der Waals surface area contributed by atoms with Crippen molar-refractivity contribution in [3.8, 4) is 0 Å². The average Bonchev–Trinajstić information content (AvgIpc) is 3.68. The van der Waals surface area contributed by atoms with Crippen LogP contribution in [0.5, 0.6) is 0 Å². The summed E-state index contributed by atoms with van der Waals surface area (Å²) in [6.07, 6.45) is 0. The molecule has 6 aromatic heterocycles. The predicted octanol–water partition coefficient (Wildman–Crippen LogP) is 9.02. The number of fused-ring (bicyclic) bond motifs is 16. The van der Waals surface area contributed by atoms with Crippen molar-refractivity contribution in [1.82, 2.24) is 28.7 Å². The van der Waals surface area contributed by atoms with Gasteiger partial charge in [0.2, 0.25) is 0 Å². The summed E-state index contributed by atoms with van der Waals surface area (Å²) in [6.45, 7) is 4.44. The fraction of sp³-hybridized carbons (Fsp3) is 0.0769. The minimum absolute atomic E-state index is 0.470. The summed E-state index contributed by atoms with van der Waals surface area (Å²) < 4.78 is 4.50. The van der Waals surface area contributed by atoms with Crippen LogP contribution in [0.4, 0.5) is 0 Å². The fourth-order valence-corrected chi connectivity index (χ4v) is 7.16. The summed E-state index contributed by atoms with van der Waals surface area (Å²) in [5.74, 6) is 0. The van der Waals surface area contributed by atoms with E-state index in [0.717, 1.165) is 88.4 Å². The second-order valence-electron chi connectivity index (χ2n) is 12.4. The summed E-state index contributed by atoms with van der Waals surface area (Å²) in [5, 5.41) is 4.38. The highest BCUT2D eigenvalue weighted by Gasteiger charge is 2.28. The molecule has 0 radical (unpaired) electrons. The third-order valence-electron chi connectivity index (χ3n) is 9.48. The molecule has 10 rings (SSSR count). The van der Waals surface area contributed by atoms with Crippen molar-refractivity contribution in [2.45, 2.75) is 19.3 Å². The van der Waals surface area contributed by atoms with Crippen molar-refractivity contribution in [3.05, 3.63) is 133 Å². The molecule has 0 fully saturated rings. The van der Waals surface area contributed by atoms with Gasteiger partial charge >= 0.3 is 0 Å². The lowest BCUT2D eigenvalue weighted by molar-refractivity contribution is 0.601. The normalized spacial score (nSPS) is 12.7. The molecule has 6 nitrogen and oxygen atoms in total. The number of rotatable bonds is 2. The fourth-order valence-electron chi connectivity index (χ4n) is 7.16. The summed E-state index contributed by atoms with van der Waals surface area (Å²) in [7, 11) is 0. The molecule has 0 aliphatic rings. The van der Waals surface area contributed by atoms with E-state index in [4.69, 9.17) is 19.9 Å². The van der Waals surface area contributed by atoms with E-state index in [2.05, 4.69) is 132 Å². The Hall–Kier alpha value is -5.88. The molecule has 45 heavy (non-hydrogen) atoms. The summed E-state index contributed by atoms with van der Waals surface area (Å²) in [4.78, 5) is 20.9. The van der Waals surface area contributed by atoms with Crippen molar-refractivity contribution in [2.24, 2.45) is 0 Å². The highest BCUT2D eigenvalue weighted by atomic mass is 15.0. The highest BCUT2D eigenvalue weighted by Crippen LogP contribution is 2.37. The van der Waals surface area contributed by atoms with Crippen LogP contribution < -0.4 is 0 Å². The topological polar surface area (TPSA) is 60.4 Å². The van der Waals surface area contributed by atoms with Gasteiger partial charge < -0.3 is 0 Å². The molecule has 0 atom stereocenters. The monoisotopic (exact) mass is 578 g/mol. The second kappa shape index (κ2) is 8.61. The van der Waals surface area contributed by atoms with E-state index < -0.39 is 5.41 Å². The third-order valence-corrected chi connectivity index (χ3v) is 9.48. The smallest absolute Gasteiger partial charge is 0.146 e. The molecule has 0 saturated carbocycles. The van der Waals surface area contributed by atoms with Crippen molar-refractivity contribution in [3.63, 3.8) is 0 Å². The van der Waals surface area contributed by atoms with E-state index in [0.29, 0.717) is 0 Å². The molecule has 212 valence electrons. The molecular weight excluding hydrogens is 552 g/mol. The quantitative estimate of drug-likeness (QED) is 0.192. The van der Waals surface area contributed by atoms with E-state index >= 15 is 0 Å². The lowest BCUT2D eigenvalue weighted by Gasteiger charge is -2.25. The Morgan fingerprint density at radius 3 is 1.27 bits per heavy atom. The van der Waals surface area contributed by atoms with Crippen LogP contribution in [0, 0.1) is 0 Å². The summed E-state index contributed by atoms with van der Waals surface area (Å²) >= 11 is 0. The lowest BCUT2D eigenvalue weighted by atomic mass is 9.84. The van der Waals surface area contributed by atoms with Crippen molar-refractivity contribution < 1.29 is 0 Å². The number of para-hydroxylation sites is 4. The number of aromatic nitrogens is 6. The SMILES string of the molecule is CC(C)(c1ccc2c(n1)c1ccccc1c1nc3ccccc3n21)c1ccc2c(n1)c1ccccc1c1nc3ccccc3n21. The molecule has 6 heteroatoms. The highest BCUT2D eigenvalue weighted by molar-refractivity contribution is 6.13. The minimum Gasteiger partial charge on any atom is -0.290 e. The van der Waals surface area contributed by atoms with Crippen LogP contribution >= 0.6 is 0 Å². The largest absolute Gasteiger partial charge is 0.290 e. The Labute approximate surface area is 257 Å². The first-order chi connectivity index (χ1) is 22.1. The number of benzene rings is 4. The van der Waals surface area contributed by atoms with Gasteiger partial charge in [0.1, 0.15) is 11.3 Å². The van der Waals surface area contributed by atoms with Crippen LogP contribution in [-0.4, -0.2) is 28.7 Å². The third kappa shape index (κ3) is 3.23. The molecule has 10 aromatic rings. The summed E-state index contributed by atoms with van der Waals surface area (Å²) in [5.41, 5.74) is 11.5. The number of imidazole rings is 2. The van der Waals surface area contributed by atoms with Crippen molar-refractivity contribution in [1.29, 1.82) is 0 Å². The van der Waals surface area contributed by atoms with Gasteiger partial charge in [0.05, 0.1) is 55.5 Å². The Kier molecular flexibility index (Phi) is 4.70. The average molecular weight is 579 g/mol. The number of hydrogen-bond donors (Lipinski definition) is 0. The van der Waals surface area contributed by atoms with Gasteiger partial charge in [-0.3, -0.25) is 8.80 Å². The number of pyridine rings is 4. The van der Waals surface area contributed by atoms with Gasteiger partial charge in [0.15, 0.2) is 0 Å². The van der Waals surface area contributed by atoms with Gasteiger partial charge in [-0.25, -0.2) is 19.9 Å². The molecule has 0 N–H and O–H groups in total. The van der Waals surface area contributed by atoms with Crippen LogP contribution in [0.1, 0.15) is 25.2 Å². The second-order valence-corrected chi connectivity index (χ2v) is 12.4. The van der Waals surface area contributed by atoms with E-state index in [1.807, 2.05) is 12.1 Å². The molecule has 6 heterocycles. The van der Waals surface area contributed by atoms with Gasteiger partial charge in [0, 0.05) is 27.0 Å². The first-order valence-electron chi connectivity index (χ1n) is 15.3. The van der Waals surface area contributed by atoms with Gasteiger partial charge in [-0.1, -0.05) is 72.8 Å². The molecule has 4 aromatic carbocycles. The molecule has 0 aliphatic carbocycles. The van der Waals surface area contributed by atoms with Gasteiger partial charge in [-0.15, -0.1) is 0 Å². The molecule has 0 aliphatic heterocycles. The standard InChI is InChI=1S/C39H26N6/c1-39(2,33-21-19-31-35(42-33)23-11-3-5-13-25(23)37-40-27-15-7-9-17-29(27)44(31)37)34-22-20-32-36(43-34)24-12-4-6-14-26(24)38-41-28-16-8-10-18-30(28)45(32)38/h3-22H,1-2H3. The summed E-state index contributed by atoms with van der Waals surface area (Å²) in [6, 6.07) is 42.2. The molecule has 0 saturated heterocycles. The van der Waals surface area contributed by atoms with Crippen LogP contribution in [-0.2, 0) is 5.41 Å². The zero-order valence-electron chi connectivity index (χ0n) is 24.7. The van der Waals surface area contributed by atoms with Crippen molar-refractivity contribution >= 4 is 77.0 Å². The van der Waals surface area contributed by atoms with Crippen LogP contribution in [0.15, 0.2) is 121 Å². The molecule has 0 unspecified atom stereocenters. The van der Waals surface area contributed by atoms with Crippen molar-refractivity contribution in [2.75, 3.05) is 0 Å². The van der Waals surface area contributed by atoms with Gasteiger partial charge in [-0.05, 0) is 62.4 Å². The van der Waals surface area contributed by atoms with Crippen LogP contribution in [0.2, 0.25) is 0 Å². The number of nitrogens with zero attached hydrogens (tertiary/aromatic N) is 6. The zero-order chi connectivity index (χ0) is 29.9. The van der Waals surface area contributed by atoms with E-state index in [1.54, 1.807) is 0 Å². The molecule has 0 amide bonds. The maximum Gasteiger partial charge on any atom is 0.146 e. The molecule has 0 spiro atoms. The minimum atomic E-state index is -0.470. The predicted molar refractivity (Wildman–Crippen MR) is 183 cm³/mol. The van der Waals surface area contributed by atoms with Crippen LogP contribution in [0.3, 0.4) is 0 Å². The first-order valence-corrected chi connectivity index (χ1v) is 15.3. The maximum absolute atomic E-state index is 5.41. The van der Waals surface area contributed by atoms with E-state index in [1.165, 1.54) is 0 Å². The van der Waals surface area contributed by atoms with E-state index in [-0.39, 0.29) is 0 Å². The lowest BCUT2D eigenvalue weighted by Crippen LogP contribution is -2.22. The Morgan fingerprint density at radius 2 is 0.800 bits per heavy atom. The molecule has 0 bridgehead atoms. The first kappa shape index (κ1) is 24.6. The van der Waals surface area contributed by atoms with E-state index in [9.17, 15) is 0 Å². The number of hydrogen-bond acceptors (Lipinski definition) is 4. The Morgan fingerprint density at radius 1 is 0.400 bits per heavy atom. The zero-order valence-corrected chi connectivity index (χ0v) is 24.7.